The summed E-state index contributed by atoms with van der Waals surface area (Å²) in [6, 6.07) is 2.33. The lowest BCUT2D eigenvalue weighted by molar-refractivity contribution is -0.139. The summed E-state index contributed by atoms with van der Waals surface area (Å²) in [5.74, 6) is -1.18. The number of urea groups is 1. The summed E-state index contributed by atoms with van der Waals surface area (Å²) in [6.45, 7) is 2.07. The summed E-state index contributed by atoms with van der Waals surface area (Å²) in [6.07, 6.45) is 0.810. The quantitative estimate of drug-likeness (QED) is 0.188. The predicted octanol–water partition coefficient (Wildman–Crippen LogP) is 6.35. The zero-order chi connectivity index (χ0) is 27.0. The number of amides is 2. The van der Waals surface area contributed by atoms with Crippen molar-refractivity contribution < 1.29 is 37.0 Å². The van der Waals surface area contributed by atoms with Crippen molar-refractivity contribution in [3.05, 3.63) is 41.3 Å². The van der Waals surface area contributed by atoms with E-state index in [9.17, 15) is 27.2 Å². The van der Waals surface area contributed by atoms with Gasteiger partial charge in [-0.15, -0.1) is 11.8 Å². The fourth-order valence-electron chi connectivity index (χ4n) is 4.11. The van der Waals surface area contributed by atoms with Crippen LogP contribution in [0.2, 0.25) is 0 Å². The highest BCUT2D eigenvalue weighted by Crippen LogP contribution is 2.34. The van der Waals surface area contributed by atoms with E-state index in [0.29, 0.717) is 21.8 Å². The van der Waals surface area contributed by atoms with Crippen LogP contribution >= 0.6 is 23.1 Å². The number of hydrogen-bond donors (Lipinski definition) is 2. The molecule has 0 aliphatic heterocycles. The molecule has 2 aromatic rings. The summed E-state index contributed by atoms with van der Waals surface area (Å²) in [4.78, 5) is 29.5. The van der Waals surface area contributed by atoms with E-state index < -0.39 is 41.7 Å². The van der Waals surface area contributed by atoms with Crippen LogP contribution in [0.5, 0.6) is 0 Å². The van der Waals surface area contributed by atoms with Gasteiger partial charge in [-0.25, -0.2) is 14.2 Å². The summed E-state index contributed by atoms with van der Waals surface area (Å²) in [5, 5.41) is 11.8. The number of nitrogens with one attached hydrogen (secondary N) is 1. The van der Waals surface area contributed by atoms with Crippen molar-refractivity contribution in [2.45, 2.75) is 49.6 Å². The van der Waals surface area contributed by atoms with Gasteiger partial charge in [0.25, 0.3) is 0 Å². The van der Waals surface area contributed by atoms with Crippen LogP contribution in [0.15, 0.2) is 28.6 Å². The van der Waals surface area contributed by atoms with Crippen molar-refractivity contribution in [1.29, 1.82) is 0 Å². The average Bonchev–Trinajstić information content (AvgIpc) is 3.28. The number of carboxylic acids is 1. The van der Waals surface area contributed by atoms with Gasteiger partial charge >= 0.3 is 18.2 Å². The highest BCUT2D eigenvalue weighted by molar-refractivity contribution is 8.01. The highest BCUT2D eigenvalue weighted by Gasteiger charge is 2.34. The van der Waals surface area contributed by atoms with E-state index in [1.54, 1.807) is 0 Å². The molecule has 204 valence electrons. The molecule has 13 heteroatoms. The minimum Gasteiger partial charge on any atom is -0.481 e. The number of hydrogen-bond acceptors (Lipinski definition) is 6. The van der Waals surface area contributed by atoms with Crippen LogP contribution in [0.3, 0.4) is 0 Å². The van der Waals surface area contributed by atoms with Crippen molar-refractivity contribution in [2.75, 3.05) is 30.8 Å². The normalized spacial score (nSPS) is 18.0. The van der Waals surface area contributed by atoms with E-state index >= 15 is 0 Å². The highest BCUT2D eigenvalue weighted by atomic mass is 32.2. The van der Waals surface area contributed by atoms with Gasteiger partial charge in [-0.05, 0) is 36.8 Å². The zero-order valence-corrected chi connectivity index (χ0v) is 21.9. The number of carbonyl (C=O) groups is 2. The molecule has 0 saturated heterocycles. The van der Waals surface area contributed by atoms with Gasteiger partial charge in [0, 0.05) is 18.7 Å². The predicted molar refractivity (Wildman–Crippen MR) is 133 cm³/mol. The molecule has 0 radical (unpaired) electrons. The van der Waals surface area contributed by atoms with E-state index in [4.69, 9.17) is 9.84 Å². The number of carboxylic acid groups (broad SMARTS) is 1. The molecule has 0 spiro atoms. The number of halogens is 4. The number of thioether (sulfide) groups is 1. The topological polar surface area (TPSA) is 91.8 Å². The minimum atomic E-state index is -4.71. The van der Waals surface area contributed by atoms with E-state index in [2.05, 4.69) is 17.2 Å². The maximum atomic E-state index is 14.1. The fourth-order valence-corrected chi connectivity index (χ4v) is 5.69. The molecular formula is C24H29F4N3O4S2. The number of nitrogens with zero attached hydrogens (tertiary/aromatic N) is 2. The van der Waals surface area contributed by atoms with E-state index in [0.717, 1.165) is 67.0 Å². The number of aromatic nitrogens is 1. The molecule has 1 aliphatic rings. The molecule has 2 amide bonds. The number of benzene rings is 1. The Morgan fingerprint density at radius 1 is 1.27 bits per heavy atom. The maximum absolute atomic E-state index is 14.1. The Labute approximate surface area is 220 Å². The van der Waals surface area contributed by atoms with E-state index in [-0.39, 0.29) is 24.8 Å². The van der Waals surface area contributed by atoms with Crippen LogP contribution in [-0.2, 0) is 22.3 Å². The molecule has 1 aromatic carbocycles. The number of aliphatic carboxylic acids is 1. The molecule has 3 rings (SSSR count). The summed E-state index contributed by atoms with van der Waals surface area (Å²) in [5.41, 5.74) is -1.65. The van der Waals surface area contributed by atoms with Crippen LogP contribution in [-0.4, -0.2) is 52.4 Å². The molecule has 0 bridgehead atoms. The summed E-state index contributed by atoms with van der Waals surface area (Å²) >= 11 is 2.24. The average molecular weight is 564 g/mol. The first-order valence-corrected chi connectivity index (χ1v) is 13.6. The first-order chi connectivity index (χ1) is 17.5. The number of ether oxygens (including phenoxy) is 1. The van der Waals surface area contributed by atoms with Crippen molar-refractivity contribution >= 4 is 40.2 Å². The first-order valence-electron chi connectivity index (χ1n) is 11.8. The Bertz CT molecular complexity index is 1060. The Morgan fingerprint density at radius 2 is 2.00 bits per heavy atom. The minimum absolute atomic E-state index is 0.0836. The van der Waals surface area contributed by atoms with Crippen molar-refractivity contribution in [3.8, 4) is 0 Å². The van der Waals surface area contributed by atoms with Crippen LogP contribution in [0.25, 0.3) is 0 Å². The van der Waals surface area contributed by atoms with Crippen LogP contribution in [0.1, 0.15) is 43.7 Å². The lowest BCUT2D eigenvalue weighted by Crippen LogP contribution is -2.41. The second-order valence-electron chi connectivity index (χ2n) is 8.99. The molecule has 1 aliphatic carbocycles. The molecule has 1 saturated carbocycles. The zero-order valence-electron chi connectivity index (χ0n) is 20.2. The molecule has 1 heterocycles. The van der Waals surface area contributed by atoms with Crippen LogP contribution < -0.4 is 5.32 Å². The van der Waals surface area contributed by atoms with Gasteiger partial charge in [-0.2, -0.15) is 13.2 Å². The van der Waals surface area contributed by atoms with Crippen molar-refractivity contribution in [3.63, 3.8) is 0 Å². The molecule has 0 unspecified atom stereocenters. The third kappa shape index (κ3) is 9.15. The lowest BCUT2D eigenvalue weighted by Gasteiger charge is -2.31. The molecular weight excluding hydrogens is 534 g/mol. The second kappa shape index (κ2) is 13.4. The molecule has 7 nitrogen and oxygen atoms in total. The van der Waals surface area contributed by atoms with E-state index in [1.807, 2.05) is 0 Å². The van der Waals surface area contributed by atoms with Gasteiger partial charge in [0.1, 0.15) is 5.82 Å². The van der Waals surface area contributed by atoms with Crippen molar-refractivity contribution in [1.82, 2.24) is 9.88 Å². The number of carbonyl (C=O) groups excluding carboxylic acids is 1. The van der Waals surface area contributed by atoms with E-state index in [1.165, 1.54) is 11.1 Å². The maximum Gasteiger partial charge on any atom is 0.416 e. The monoisotopic (exact) mass is 563 g/mol. The Balaban J connectivity index is 1.61. The smallest absolute Gasteiger partial charge is 0.416 e. The Kier molecular flexibility index (Phi) is 10.6. The molecule has 1 aromatic heterocycles. The van der Waals surface area contributed by atoms with Gasteiger partial charge in [0.15, 0.2) is 5.13 Å². The fraction of sp³-hybridized carbons (Fsp3) is 0.542. The number of alkyl halides is 3. The SMILES string of the molecule is CC1CCC(CN(CCOCc2c(F)cccc2C(F)(F)F)C(=O)Nc2ncc(SCC(=O)O)s2)CC1. The van der Waals surface area contributed by atoms with Crippen LogP contribution in [0.4, 0.5) is 27.5 Å². The Hall–Kier alpha value is -2.38. The van der Waals surface area contributed by atoms with Gasteiger partial charge in [0.2, 0.25) is 0 Å². The number of rotatable bonds is 11. The third-order valence-corrected chi connectivity index (χ3v) is 8.21. The largest absolute Gasteiger partial charge is 0.481 e. The Morgan fingerprint density at radius 3 is 2.68 bits per heavy atom. The summed E-state index contributed by atoms with van der Waals surface area (Å²) in [7, 11) is 0. The van der Waals surface area contributed by atoms with Gasteiger partial charge in [0.05, 0.1) is 34.9 Å². The first kappa shape index (κ1) is 29.2. The molecule has 2 N–H and O–H groups in total. The number of anilines is 1. The van der Waals surface area contributed by atoms with Gasteiger partial charge in [-0.3, -0.25) is 10.1 Å². The standard InChI is InChI=1S/C24H29F4N3O4S2/c1-15-5-7-16(8-6-15)12-31(23(34)30-22-29-11-21(37-22)36-14-20(32)33)9-10-35-13-17-18(24(26,27)28)3-2-4-19(17)25/h2-4,11,15-16H,5-10,12-14H2,1H3,(H,32,33)(H,29,30,34). The number of thiazole rings is 1. The third-order valence-electron chi connectivity index (χ3n) is 6.11. The van der Waals surface area contributed by atoms with Crippen LogP contribution in [0, 0.1) is 17.7 Å². The van der Waals surface area contributed by atoms with Gasteiger partial charge < -0.3 is 14.7 Å². The summed E-state index contributed by atoms with van der Waals surface area (Å²) < 4.78 is 59.8. The second-order valence-corrected chi connectivity index (χ2v) is 11.3. The lowest BCUT2D eigenvalue weighted by atomic mass is 9.83. The van der Waals surface area contributed by atoms with Crippen molar-refractivity contribution in [2.24, 2.45) is 11.8 Å². The molecule has 1 fully saturated rings. The van der Waals surface area contributed by atoms with Gasteiger partial charge in [-0.1, -0.05) is 37.2 Å². The molecule has 37 heavy (non-hydrogen) atoms. The molecule has 0 atom stereocenters.